The summed E-state index contributed by atoms with van der Waals surface area (Å²) in [4.78, 5) is 35.2. The number of nitrogens with zero attached hydrogens (tertiary/aromatic N) is 3. The molecule has 2 rings (SSSR count). The molecule has 21 heavy (non-hydrogen) atoms. The third-order valence-corrected chi connectivity index (χ3v) is 3.16. The SMILES string of the molecule is CCCn1c(=O)c(N=O)c(N)n(Cc2ccccc2)c1=O. The molecule has 1 aromatic heterocycles. The minimum absolute atomic E-state index is 0.179. The smallest absolute Gasteiger partial charge is 0.332 e. The number of hydrogen-bond donors (Lipinski definition) is 1. The van der Waals surface area contributed by atoms with Gasteiger partial charge in [-0.15, -0.1) is 4.91 Å². The first-order chi connectivity index (χ1) is 10.1. The summed E-state index contributed by atoms with van der Waals surface area (Å²) in [5.41, 5.74) is 4.92. The van der Waals surface area contributed by atoms with E-state index < -0.39 is 16.9 Å². The molecule has 0 spiro atoms. The second kappa shape index (κ2) is 6.17. The Morgan fingerprint density at radius 2 is 1.81 bits per heavy atom. The molecule has 2 N–H and O–H groups in total. The van der Waals surface area contributed by atoms with Gasteiger partial charge in [-0.3, -0.25) is 13.9 Å². The van der Waals surface area contributed by atoms with Gasteiger partial charge in [-0.1, -0.05) is 37.3 Å². The Hall–Kier alpha value is -2.70. The van der Waals surface area contributed by atoms with Gasteiger partial charge in [0.2, 0.25) is 5.69 Å². The predicted molar refractivity (Wildman–Crippen MR) is 80.7 cm³/mol. The zero-order valence-corrected chi connectivity index (χ0v) is 11.7. The van der Waals surface area contributed by atoms with Crippen molar-refractivity contribution in [2.45, 2.75) is 26.4 Å². The normalized spacial score (nSPS) is 10.5. The highest BCUT2D eigenvalue weighted by Gasteiger charge is 2.17. The number of aromatic nitrogens is 2. The van der Waals surface area contributed by atoms with Gasteiger partial charge >= 0.3 is 5.69 Å². The molecule has 0 aliphatic carbocycles. The number of nitrogen functional groups attached to an aromatic ring is 1. The lowest BCUT2D eigenvalue weighted by atomic mass is 10.2. The number of rotatable bonds is 5. The Bertz CT molecular complexity index is 762. The summed E-state index contributed by atoms with van der Waals surface area (Å²) in [6.07, 6.45) is 0.586. The average Bonchev–Trinajstić information content (AvgIpc) is 2.50. The highest BCUT2D eigenvalue weighted by molar-refractivity contribution is 5.56. The number of hydrogen-bond acceptors (Lipinski definition) is 5. The molecule has 7 nitrogen and oxygen atoms in total. The molecular formula is C14H16N4O3. The molecule has 0 saturated carbocycles. The van der Waals surface area contributed by atoms with E-state index in [4.69, 9.17) is 5.73 Å². The minimum atomic E-state index is -0.737. The van der Waals surface area contributed by atoms with Gasteiger partial charge in [0.15, 0.2) is 0 Å². The molecule has 0 unspecified atom stereocenters. The summed E-state index contributed by atoms with van der Waals surface area (Å²) in [5.74, 6) is -0.198. The summed E-state index contributed by atoms with van der Waals surface area (Å²) < 4.78 is 2.19. The first kappa shape index (κ1) is 14.7. The molecule has 1 heterocycles. The van der Waals surface area contributed by atoms with Gasteiger partial charge in [-0.2, -0.15) is 0 Å². The lowest BCUT2D eigenvalue weighted by Gasteiger charge is -2.13. The van der Waals surface area contributed by atoms with Crippen LogP contribution in [0.15, 0.2) is 45.1 Å². The molecule has 0 fully saturated rings. The van der Waals surface area contributed by atoms with Crippen molar-refractivity contribution in [3.05, 3.63) is 61.6 Å². The van der Waals surface area contributed by atoms with E-state index >= 15 is 0 Å². The largest absolute Gasteiger partial charge is 0.383 e. The van der Waals surface area contributed by atoms with Gasteiger partial charge in [-0.05, 0) is 17.2 Å². The highest BCUT2D eigenvalue weighted by atomic mass is 16.3. The molecule has 0 saturated heterocycles. The second-order valence-electron chi connectivity index (χ2n) is 4.64. The molecule has 7 heteroatoms. The summed E-state index contributed by atoms with van der Waals surface area (Å²) in [6, 6.07) is 9.17. The predicted octanol–water partition coefficient (Wildman–Crippen LogP) is 1.45. The Morgan fingerprint density at radius 1 is 1.14 bits per heavy atom. The maximum atomic E-state index is 12.4. The van der Waals surface area contributed by atoms with Crippen molar-refractivity contribution in [1.29, 1.82) is 0 Å². The van der Waals surface area contributed by atoms with Crippen molar-refractivity contribution < 1.29 is 0 Å². The minimum Gasteiger partial charge on any atom is -0.383 e. The van der Waals surface area contributed by atoms with Gasteiger partial charge in [0.25, 0.3) is 5.56 Å². The number of nitrogens with two attached hydrogens (primary N) is 1. The standard InChI is InChI=1S/C14H16N4O3/c1-2-8-17-13(19)11(16-21)12(15)18(14(17)20)9-10-6-4-3-5-7-10/h3-7H,2,8-9,15H2,1H3. The van der Waals surface area contributed by atoms with Crippen LogP contribution in [-0.4, -0.2) is 9.13 Å². The van der Waals surface area contributed by atoms with Crippen molar-refractivity contribution in [3.8, 4) is 0 Å². The van der Waals surface area contributed by atoms with Crippen LogP contribution in [-0.2, 0) is 13.1 Å². The van der Waals surface area contributed by atoms with Crippen LogP contribution in [0.4, 0.5) is 11.5 Å². The van der Waals surface area contributed by atoms with E-state index in [0.29, 0.717) is 6.42 Å². The summed E-state index contributed by atoms with van der Waals surface area (Å²) in [7, 11) is 0. The van der Waals surface area contributed by atoms with Crippen LogP contribution in [0.5, 0.6) is 0 Å². The van der Waals surface area contributed by atoms with Gasteiger partial charge in [-0.25, -0.2) is 4.79 Å². The maximum absolute atomic E-state index is 12.4. The Balaban J connectivity index is 2.65. The summed E-state index contributed by atoms with van der Waals surface area (Å²) in [5, 5.41) is 2.69. The van der Waals surface area contributed by atoms with Crippen LogP contribution < -0.4 is 17.0 Å². The van der Waals surface area contributed by atoms with Gasteiger partial charge in [0, 0.05) is 6.54 Å². The third kappa shape index (κ3) is 2.76. The Morgan fingerprint density at radius 3 is 2.38 bits per heavy atom. The monoisotopic (exact) mass is 288 g/mol. The van der Waals surface area contributed by atoms with E-state index in [2.05, 4.69) is 5.18 Å². The maximum Gasteiger partial charge on any atom is 0.332 e. The van der Waals surface area contributed by atoms with Gasteiger partial charge in [0.1, 0.15) is 5.82 Å². The van der Waals surface area contributed by atoms with Crippen LogP contribution in [0.25, 0.3) is 0 Å². The van der Waals surface area contributed by atoms with Gasteiger partial charge in [0.05, 0.1) is 6.54 Å². The van der Waals surface area contributed by atoms with E-state index in [9.17, 15) is 14.5 Å². The van der Waals surface area contributed by atoms with Crippen LogP contribution in [0.2, 0.25) is 0 Å². The van der Waals surface area contributed by atoms with Crippen molar-refractivity contribution in [2.75, 3.05) is 5.73 Å². The zero-order chi connectivity index (χ0) is 15.4. The second-order valence-corrected chi connectivity index (χ2v) is 4.64. The average molecular weight is 288 g/mol. The van der Waals surface area contributed by atoms with Crippen molar-refractivity contribution >= 4 is 11.5 Å². The van der Waals surface area contributed by atoms with Crippen LogP contribution in [0.3, 0.4) is 0 Å². The quantitative estimate of drug-likeness (QED) is 0.841. The van der Waals surface area contributed by atoms with E-state index in [1.165, 1.54) is 4.57 Å². The van der Waals surface area contributed by atoms with Crippen LogP contribution in [0.1, 0.15) is 18.9 Å². The van der Waals surface area contributed by atoms with E-state index in [1.54, 1.807) is 0 Å². The fraction of sp³-hybridized carbons (Fsp3) is 0.286. The van der Waals surface area contributed by atoms with Crippen molar-refractivity contribution in [3.63, 3.8) is 0 Å². The molecule has 0 atom stereocenters. The topological polar surface area (TPSA) is 99.4 Å². The molecule has 110 valence electrons. The highest BCUT2D eigenvalue weighted by Crippen LogP contribution is 2.15. The van der Waals surface area contributed by atoms with E-state index in [-0.39, 0.29) is 18.9 Å². The molecule has 0 aliphatic rings. The molecular weight excluding hydrogens is 272 g/mol. The summed E-state index contributed by atoms with van der Waals surface area (Å²) >= 11 is 0. The summed E-state index contributed by atoms with van der Waals surface area (Å²) in [6.45, 7) is 2.23. The lowest BCUT2D eigenvalue weighted by Crippen LogP contribution is -2.41. The zero-order valence-electron chi connectivity index (χ0n) is 11.7. The van der Waals surface area contributed by atoms with Crippen molar-refractivity contribution in [2.24, 2.45) is 5.18 Å². The molecule has 0 radical (unpaired) electrons. The fourth-order valence-corrected chi connectivity index (χ4v) is 2.13. The fourth-order valence-electron chi connectivity index (χ4n) is 2.13. The first-order valence-electron chi connectivity index (χ1n) is 6.60. The molecule has 0 aliphatic heterocycles. The Kier molecular flexibility index (Phi) is 4.32. The van der Waals surface area contributed by atoms with Crippen molar-refractivity contribution in [1.82, 2.24) is 9.13 Å². The number of benzene rings is 1. The van der Waals surface area contributed by atoms with Gasteiger partial charge < -0.3 is 5.73 Å². The molecule has 1 aromatic carbocycles. The molecule has 2 aromatic rings. The Labute approximate surface area is 120 Å². The third-order valence-electron chi connectivity index (χ3n) is 3.16. The van der Waals surface area contributed by atoms with E-state index in [1.807, 2.05) is 37.3 Å². The van der Waals surface area contributed by atoms with Crippen LogP contribution in [0, 0.1) is 4.91 Å². The first-order valence-corrected chi connectivity index (χ1v) is 6.60. The number of nitroso groups, excluding NO2 is 1. The number of anilines is 1. The molecule has 0 bridgehead atoms. The van der Waals surface area contributed by atoms with E-state index in [0.717, 1.165) is 10.1 Å². The molecule has 0 amide bonds. The van der Waals surface area contributed by atoms with Crippen LogP contribution >= 0.6 is 0 Å². The lowest BCUT2D eigenvalue weighted by molar-refractivity contribution is 0.571.